The first-order valence-electron chi connectivity index (χ1n) is 10.6. The second-order valence-electron chi connectivity index (χ2n) is 7.97. The van der Waals surface area contributed by atoms with Crippen molar-refractivity contribution in [2.75, 3.05) is 30.8 Å². The van der Waals surface area contributed by atoms with Gasteiger partial charge in [0.15, 0.2) is 5.82 Å². The van der Waals surface area contributed by atoms with Crippen molar-refractivity contribution in [2.24, 2.45) is 0 Å². The number of rotatable bonds is 4. The Morgan fingerprint density at radius 3 is 2.88 bits per heavy atom. The largest absolute Gasteiger partial charge is 0.396 e. The van der Waals surface area contributed by atoms with E-state index in [9.17, 15) is 0 Å². The number of hydrogen-bond donors (Lipinski definition) is 3. The fourth-order valence-corrected chi connectivity index (χ4v) is 4.07. The first-order chi connectivity index (χ1) is 15.6. The molecule has 1 aliphatic rings. The van der Waals surface area contributed by atoms with E-state index >= 15 is 4.39 Å². The zero-order valence-electron chi connectivity index (χ0n) is 17.7. The van der Waals surface area contributed by atoms with Crippen molar-refractivity contribution in [3.8, 4) is 11.1 Å². The van der Waals surface area contributed by atoms with Crippen LogP contribution in [0.1, 0.15) is 17.2 Å². The van der Waals surface area contributed by atoms with Crippen molar-refractivity contribution < 1.29 is 9.13 Å². The Morgan fingerprint density at radius 2 is 2.06 bits per heavy atom. The molecule has 7 heteroatoms. The van der Waals surface area contributed by atoms with Gasteiger partial charge >= 0.3 is 0 Å². The number of aryl methyl sites for hydroxylation is 1. The normalized spacial score (nSPS) is 16.2. The number of anilines is 3. The summed E-state index contributed by atoms with van der Waals surface area (Å²) >= 11 is 0. The quantitative estimate of drug-likeness (QED) is 0.407. The molecule has 6 nitrogen and oxygen atoms in total. The highest BCUT2D eigenvalue weighted by molar-refractivity contribution is 5.98. The van der Waals surface area contributed by atoms with Crippen LogP contribution in [0.4, 0.5) is 21.6 Å². The molecule has 5 rings (SSSR count). The summed E-state index contributed by atoms with van der Waals surface area (Å²) in [4.78, 5) is 8.60. The van der Waals surface area contributed by atoms with E-state index in [1.54, 1.807) is 24.7 Å². The van der Waals surface area contributed by atoms with Crippen molar-refractivity contribution in [1.82, 2.24) is 15.3 Å². The molecule has 0 spiro atoms. The van der Waals surface area contributed by atoms with Gasteiger partial charge in [-0.2, -0.15) is 0 Å². The second kappa shape index (κ2) is 8.53. The molecular weight excluding hydrogens is 405 g/mol. The van der Waals surface area contributed by atoms with Crippen molar-refractivity contribution in [3.05, 3.63) is 78.0 Å². The highest BCUT2D eigenvalue weighted by Gasteiger charge is 2.17. The van der Waals surface area contributed by atoms with Gasteiger partial charge in [-0.3, -0.25) is 4.98 Å². The van der Waals surface area contributed by atoms with E-state index in [1.807, 2.05) is 31.2 Å². The molecule has 0 amide bonds. The number of nitrogen functional groups attached to an aromatic ring is 1. The van der Waals surface area contributed by atoms with Crippen molar-refractivity contribution in [1.29, 1.82) is 0 Å². The maximum absolute atomic E-state index is 15.1. The Balaban J connectivity index is 1.50. The van der Waals surface area contributed by atoms with Crippen LogP contribution in [0.5, 0.6) is 0 Å². The van der Waals surface area contributed by atoms with E-state index in [0.717, 1.165) is 40.9 Å². The Kier molecular flexibility index (Phi) is 5.43. The second-order valence-corrected chi connectivity index (χ2v) is 7.97. The molecular formula is C25H24FN5O. The highest BCUT2D eigenvalue weighted by atomic mass is 19.1. The Hall–Kier alpha value is -3.55. The third-order valence-electron chi connectivity index (χ3n) is 5.81. The average Bonchev–Trinajstić information content (AvgIpc) is 2.83. The number of morpholine rings is 1. The number of halogens is 1. The van der Waals surface area contributed by atoms with E-state index in [4.69, 9.17) is 10.5 Å². The van der Waals surface area contributed by atoms with Gasteiger partial charge in [0.2, 0.25) is 0 Å². The number of ether oxygens (including phenoxy) is 1. The minimum absolute atomic E-state index is 0.0881. The zero-order valence-corrected chi connectivity index (χ0v) is 17.7. The Morgan fingerprint density at radius 1 is 1.16 bits per heavy atom. The van der Waals surface area contributed by atoms with Crippen LogP contribution in [0.3, 0.4) is 0 Å². The van der Waals surface area contributed by atoms with Crippen LogP contribution < -0.4 is 16.4 Å². The van der Waals surface area contributed by atoms with E-state index in [1.165, 1.54) is 0 Å². The number of pyridine rings is 2. The van der Waals surface area contributed by atoms with Crippen LogP contribution in [0.25, 0.3) is 21.9 Å². The van der Waals surface area contributed by atoms with Crippen LogP contribution in [0, 0.1) is 12.7 Å². The molecule has 3 heterocycles. The fourth-order valence-electron chi connectivity index (χ4n) is 4.07. The smallest absolute Gasteiger partial charge is 0.154 e. The minimum atomic E-state index is -0.453. The first-order valence-corrected chi connectivity index (χ1v) is 10.6. The van der Waals surface area contributed by atoms with Crippen molar-refractivity contribution in [3.63, 3.8) is 0 Å². The van der Waals surface area contributed by atoms with Crippen molar-refractivity contribution in [2.45, 2.75) is 13.0 Å². The predicted octanol–water partition coefficient (Wildman–Crippen LogP) is 4.73. The van der Waals surface area contributed by atoms with Gasteiger partial charge in [-0.1, -0.05) is 12.1 Å². The standard InChI is InChI=1S/C25H24FN5O/c1-15-5-6-28-12-20(15)19-10-17-11-23(30-13-21(17)25(27)24(19)26)31-18-4-2-3-16(9-18)22-14-32-8-7-29-22/h2-6,9-13,22,29H,7-8,14,27H2,1H3,(H,30,31). The molecule has 0 radical (unpaired) electrons. The van der Waals surface area contributed by atoms with Gasteiger partial charge in [0, 0.05) is 47.3 Å². The summed E-state index contributed by atoms with van der Waals surface area (Å²) in [6, 6.07) is 13.9. The lowest BCUT2D eigenvalue weighted by Crippen LogP contribution is -2.34. The molecule has 4 aromatic rings. The SMILES string of the molecule is Cc1ccncc1-c1cc2cc(Nc3cccc(C4COCCN4)c3)ncc2c(N)c1F. The number of fused-ring (bicyclic) bond motifs is 1. The number of nitrogens with zero attached hydrogens (tertiary/aromatic N) is 2. The number of benzene rings is 2. The van der Waals surface area contributed by atoms with E-state index in [2.05, 4.69) is 32.7 Å². The van der Waals surface area contributed by atoms with Gasteiger partial charge < -0.3 is 21.1 Å². The monoisotopic (exact) mass is 429 g/mol. The molecule has 162 valence electrons. The minimum Gasteiger partial charge on any atom is -0.396 e. The number of aromatic nitrogens is 2. The van der Waals surface area contributed by atoms with Gasteiger partial charge in [0.1, 0.15) is 5.82 Å². The molecule has 4 N–H and O–H groups in total. The van der Waals surface area contributed by atoms with Gasteiger partial charge in [0.25, 0.3) is 0 Å². The molecule has 0 saturated carbocycles. The topological polar surface area (TPSA) is 85.1 Å². The zero-order chi connectivity index (χ0) is 22.1. The number of hydrogen-bond acceptors (Lipinski definition) is 6. The first kappa shape index (κ1) is 20.4. The molecule has 0 aliphatic carbocycles. The van der Waals surface area contributed by atoms with Crippen LogP contribution >= 0.6 is 0 Å². The maximum Gasteiger partial charge on any atom is 0.154 e. The lowest BCUT2D eigenvalue weighted by Gasteiger charge is -2.24. The highest BCUT2D eigenvalue weighted by Crippen LogP contribution is 2.35. The van der Waals surface area contributed by atoms with Crippen LogP contribution in [-0.2, 0) is 4.74 Å². The van der Waals surface area contributed by atoms with Gasteiger partial charge in [0.05, 0.1) is 24.9 Å². The van der Waals surface area contributed by atoms with Crippen LogP contribution in [0.2, 0.25) is 0 Å². The number of nitrogens with two attached hydrogens (primary N) is 1. The Labute approximate surface area is 185 Å². The molecule has 0 bridgehead atoms. The summed E-state index contributed by atoms with van der Waals surface area (Å²) in [5.41, 5.74) is 10.4. The van der Waals surface area contributed by atoms with Crippen LogP contribution in [0.15, 0.2) is 61.1 Å². The lowest BCUT2D eigenvalue weighted by atomic mass is 9.98. The molecule has 1 saturated heterocycles. The van der Waals surface area contributed by atoms with E-state index < -0.39 is 5.82 Å². The molecule has 1 unspecified atom stereocenters. The summed E-state index contributed by atoms with van der Waals surface area (Å²) in [5, 5.41) is 8.20. The third kappa shape index (κ3) is 3.88. The van der Waals surface area contributed by atoms with E-state index in [0.29, 0.717) is 23.4 Å². The number of nitrogens with one attached hydrogen (secondary N) is 2. The molecule has 32 heavy (non-hydrogen) atoms. The van der Waals surface area contributed by atoms with Gasteiger partial charge in [-0.05, 0) is 53.8 Å². The fraction of sp³-hybridized carbons (Fsp3) is 0.200. The predicted molar refractivity (Wildman–Crippen MR) is 125 cm³/mol. The molecule has 1 fully saturated rings. The molecule has 1 atom stereocenters. The van der Waals surface area contributed by atoms with Gasteiger partial charge in [-0.25, -0.2) is 9.37 Å². The summed E-state index contributed by atoms with van der Waals surface area (Å²) in [5.74, 6) is 0.202. The maximum atomic E-state index is 15.1. The summed E-state index contributed by atoms with van der Waals surface area (Å²) in [6.07, 6.45) is 4.96. The van der Waals surface area contributed by atoms with E-state index in [-0.39, 0.29) is 11.7 Å². The summed E-state index contributed by atoms with van der Waals surface area (Å²) in [6.45, 7) is 4.15. The summed E-state index contributed by atoms with van der Waals surface area (Å²) < 4.78 is 20.6. The van der Waals surface area contributed by atoms with Gasteiger partial charge in [-0.15, -0.1) is 0 Å². The molecule has 1 aliphatic heterocycles. The summed E-state index contributed by atoms with van der Waals surface area (Å²) in [7, 11) is 0. The average molecular weight is 429 g/mol. The molecule has 2 aromatic carbocycles. The lowest BCUT2D eigenvalue weighted by molar-refractivity contribution is 0.0769. The van der Waals surface area contributed by atoms with Crippen molar-refractivity contribution >= 4 is 28.0 Å². The Bertz CT molecular complexity index is 1290. The van der Waals surface area contributed by atoms with Crippen LogP contribution in [-0.4, -0.2) is 29.7 Å². The third-order valence-corrected chi connectivity index (χ3v) is 5.81. The molecule has 2 aromatic heterocycles.